The number of nitrogens with zero attached hydrogens (tertiary/aromatic N) is 3. The first kappa shape index (κ1) is 19.6. The van der Waals surface area contributed by atoms with E-state index in [2.05, 4.69) is 5.16 Å². The number of benzene rings is 2. The number of carbonyl (C=O) groups is 1. The van der Waals surface area contributed by atoms with Crippen LogP contribution >= 0.6 is 0 Å². The summed E-state index contributed by atoms with van der Waals surface area (Å²) in [5.74, 6) is 0.217. The maximum Gasteiger partial charge on any atom is 0.254 e. The molecule has 0 unspecified atom stereocenters. The Hall–Kier alpha value is -2.71. The largest absolute Gasteiger partial charge is 0.360 e. The normalized spacial score (nSPS) is 16.1. The molecule has 0 aliphatic carbocycles. The van der Waals surface area contributed by atoms with E-state index >= 15 is 0 Å². The Morgan fingerprint density at radius 3 is 2.52 bits per heavy atom. The van der Waals surface area contributed by atoms with Crippen LogP contribution in [0.5, 0.6) is 0 Å². The number of fused-ring (bicyclic) bond motifs is 1. The van der Waals surface area contributed by atoms with Gasteiger partial charge in [0.05, 0.1) is 0 Å². The van der Waals surface area contributed by atoms with Crippen molar-refractivity contribution >= 4 is 26.7 Å². The minimum atomic E-state index is -3.71. The Kier molecular flexibility index (Phi) is 5.14. The summed E-state index contributed by atoms with van der Waals surface area (Å²) >= 11 is 0. The molecule has 0 saturated carbocycles. The van der Waals surface area contributed by atoms with Crippen LogP contribution in [0.4, 0.5) is 0 Å². The van der Waals surface area contributed by atoms with Crippen LogP contribution < -0.4 is 0 Å². The van der Waals surface area contributed by atoms with Crippen molar-refractivity contribution < 1.29 is 17.7 Å². The van der Waals surface area contributed by atoms with Crippen molar-refractivity contribution in [2.45, 2.75) is 25.2 Å². The number of amides is 1. The molecular weight excluding hydrogens is 390 g/mol. The minimum Gasteiger partial charge on any atom is -0.360 e. The van der Waals surface area contributed by atoms with E-state index in [0.29, 0.717) is 37.3 Å². The van der Waals surface area contributed by atoms with E-state index in [-0.39, 0.29) is 23.1 Å². The molecule has 152 valence electrons. The van der Waals surface area contributed by atoms with Gasteiger partial charge in [-0.3, -0.25) is 4.79 Å². The summed E-state index contributed by atoms with van der Waals surface area (Å²) in [5, 5.41) is 5.68. The third kappa shape index (κ3) is 3.54. The fraction of sp³-hybridized carbons (Fsp3) is 0.333. The van der Waals surface area contributed by atoms with Crippen LogP contribution in [0.1, 0.15) is 28.2 Å². The molecule has 1 aliphatic heterocycles. The molecule has 29 heavy (non-hydrogen) atoms. The Morgan fingerprint density at radius 2 is 1.76 bits per heavy atom. The van der Waals surface area contributed by atoms with Gasteiger partial charge in [0, 0.05) is 31.7 Å². The Bertz CT molecular complexity index is 1140. The molecule has 1 aromatic heterocycles. The van der Waals surface area contributed by atoms with Crippen LogP contribution in [-0.4, -0.2) is 54.9 Å². The van der Waals surface area contributed by atoms with Gasteiger partial charge in [-0.15, -0.1) is 0 Å². The Labute approximate surface area is 169 Å². The molecule has 1 saturated heterocycles. The summed E-state index contributed by atoms with van der Waals surface area (Å²) in [7, 11) is -3.71. The molecule has 0 bridgehead atoms. The van der Waals surface area contributed by atoms with Gasteiger partial charge in [0.15, 0.2) is 5.76 Å². The van der Waals surface area contributed by atoms with E-state index in [4.69, 9.17) is 4.52 Å². The zero-order chi connectivity index (χ0) is 20.6. The quantitative estimate of drug-likeness (QED) is 0.659. The summed E-state index contributed by atoms with van der Waals surface area (Å²) in [5.41, 5.74) is 1.00. The zero-order valence-corrected chi connectivity index (χ0v) is 17.3. The number of aromatic nitrogens is 1. The van der Waals surface area contributed by atoms with Crippen LogP contribution in [0.25, 0.3) is 10.8 Å². The molecule has 2 aromatic carbocycles. The predicted molar refractivity (Wildman–Crippen MR) is 109 cm³/mol. The smallest absolute Gasteiger partial charge is 0.254 e. The molecule has 1 fully saturated rings. The van der Waals surface area contributed by atoms with Gasteiger partial charge >= 0.3 is 0 Å². The van der Waals surface area contributed by atoms with Crippen molar-refractivity contribution in [1.29, 1.82) is 0 Å². The molecule has 0 spiro atoms. The monoisotopic (exact) mass is 413 g/mol. The van der Waals surface area contributed by atoms with Crippen LogP contribution in [-0.2, 0) is 10.0 Å². The fourth-order valence-electron chi connectivity index (χ4n) is 3.89. The van der Waals surface area contributed by atoms with Crippen molar-refractivity contribution in [1.82, 2.24) is 14.4 Å². The summed E-state index contributed by atoms with van der Waals surface area (Å²) < 4.78 is 32.6. The van der Waals surface area contributed by atoms with E-state index in [9.17, 15) is 13.2 Å². The summed E-state index contributed by atoms with van der Waals surface area (Å²) in [6.07, 6.45) is 0.569. The van der Waals surface area contributed by atoms with Gasteiger partial charge in [-0.25, -0.2) is 8.42 Å². The summed E-state index contributed by atoms with van der Waals surface area (Å²) in [4.78, 5) is 15.1. The van der Waals surface area contributed by atoms with Gasteiger partial charge in [0.1, 0.15) is 10.6 Å². The van der Waals surface area contributed by atoms with Crippen LogP contribution in [0.2, 0.25) is 0 Å². The minimum absolute atomic E-state index is 0.0709. The van der Waals surface area contributed by atoms with Gasteiger partial charge < -0.3 is 9.42 Å². The average Bonchev–Trinajstić information content (AvgIpc) is 2.92. The van der Waals surface area contributed by atoms with Gasteiger partial charge in [0.25, 0.3) is 5.91 Å². The summed E-state index contributed by atoms with van der Waals surface area (Å²) in [6, 6.07) is 13.5. The highest BCUT2D eigenvalue weighted by atomic mass is 32.2. The topological polar surface area (TPSA) is 83.7 Å². The Morgan fingerprint density at radius 1 is 1.00 bits per heavy atom. The molecule has 2 heterocycles. The number of sulfonamides is 1. The molecule has 1 aliphatic rings. The predicted octanol–water partition coefficient (Wildman–Crippen LogP) is 2.98. The molecule has 0 radical (unpaired) electrons. The van der Waals surface area contributed by atoms with Gasteiger partial charge in [0.2, 0.25) is 10.0 Å². The van der Waals surface area contributed by atoms with Gasteiger partial charge in [-0.1, -0.05) is 41.6 Å². The maximum absolute atomic E-state index is 13.2. The third-order valence-corrected chi connectivity index (χ3v) is 7.47. The number of rotatable bonds is 3. The van der Waals surface area contributed by atoms with Crippen LogP contribution in [0.15, 0.2) is 51.9 Å². The van der Waals surface area contributed by atoms with Crippen LogP contribution in [0, 0.1) is 13.8 Å². The lowest BCUT2D eigenvalue weighted by Crippen LogP contribution is -2.37. The van der Waals surface area contributed by atoms with E-state index in [0.717, 1.165) is 10.8 Å². The third-order valence-electron chi connectivity index (χ3n) is 5.33. The second-order valence-electron chi connectivity index (χ2n) is 7.23. The molecule has 0 atom stereocenters. The van der Waals surface area contributed by atoms with Crippen molar-refractivity contribution in [3.8, 4) is 0 Å². The Balaban J connectivity index is 1.57. The first-order valence-electron chi connectivity index (χ1n) is 9.59. The highest BCUT2D eigenvalue weighted by Crippen LogP contribution is 2.25. The number of carbonyl (C=O) groups excluding carboxylic acids is 1. The standard InChI is InChI=1S/C21H23N3O4S/c1-15-20(16(2)28-22-15)29(26,27)24-12-6-11-23(13-14-24)21(25)19-10-5-8-17-7-3-4-9-18(17)19/h3-5,7-10H,6,11-14H2,1-2H3. The molecule has 7 nitrogen and oxygen atoms in total. The zero-order valence-electron chi connectivity index (χ0n) is 16.5. The molecule has 0 N–H and O–H groups in total. The molecule has 3 aromatic rings. The lowest BCUT2D eigenvalue weighted by atomic mass is 10.0. The van der Waals surface area contributed by atoms with Gasteiger partial charge in [-0.05, 0) is 37.1 Å². The van der Waals surface area contributed by atoms with E-state index in [1.54, 1.807) is 18.7 Å². The molecule has 1 amide bonds. The van der Waals surface area contributed by atoms with Crippen molar-refractivity contribution in [3.63, 3.8) is 0 Å². The highest BCUT2D eigenvalue weighted by Gasteiger charge is 2.33. The van der Waals surface area contributed by atoms with E-state index < -0.39 is 10.0 Å². The second kappa shape index (κ2) is 7.61. The number of hydrogen-bond donors (Lipinski definition) is 0. The van der Waals surface area contributed by atoms with Gasteiger partial charge in [-0.2, -0.15) is 4.31 Å². The molecular formula is C21H23N3O4S. The first-order chi connectivity index (χ1) is 13.9. The van der Waals surface area contributed by atoms with Crippen LogP contribution in [0.3, 0.4) is 0 Å². The number of hydrogen-bond acceptors (Lipinski definition) is 5. The lowest BCUT2D eigenvalue weighted by Gasteiger charge is -2.22. The van der Waals surface area contributed by atoms with Crippen molar-refractivity contribution in [2.24, 2.45) is 0 Å². The summed E-state index contributed by atoms with van der Waals surface area (Å²) in [6.45, 7) is 4.66. The van der Waals surface area contributed by atoms with E-state index in [1.807, 2.05) is 42.5 Å². The molecule has 4 rings (SSSR count). The second-order valence-corrected chi connectivity index (χ2v) is 9.10. The molecule has 8 heteroatoms. The van der Waals surface area contributed by atoms with Crippen molar-refractivity contribution in [2.75, 3.05) is 26.2 Å². The fourth-order valence-corrected chi connectivity index (χ4v) is 5.65. The van der Waals surface area contributed by atoms with E-state index in [1.165, 1.54) is 4.31 Å². The lowest BCUT2D eigenvalue weighted by molar-refractivity contribution is 0.0766. The average molecular weight is 413 g/mol. The first-order valence-corrected chi connectivity index (χ1v) is 11.0. The maximum atomic E-state index is 13.2. The number of aryl methyl sites for hydroxylation is 2. The highest BCUT2D eigenvalue weighted by molar-refractivity contribution is 7.89. The van der Waals surface area contributed by atoms with Crippen molar-refractivity contribution in [3.05, 3.63) is 59.5 Å². The SMILES string of the molecule is Cc1noc(C)c1S(=O)(=O)N1CCCN(C(=O)c2cccc3ccccc23)CC1.